The van der Waals surface area contributed by atoms with Gasteiger partial charge in [-0.3, -0.25) is 4.79 Å². The molecule has 1 aliphatic rings. The third-order valence-corrected chi connectivity index (χ3v) is 5.32. The SMILES string of the molecule is CCCCCn1c(N)c(C(=O)NCC2CCCO2)c2nc3ccccc3nc21. The number of nitrogens with two attached hydrogens (primary N) is 1. The van der Waals surface area contributed by atoms with Gasteiger partial charge in [-0.1, -0.05) is 31.9 Å². The topological polar surface area (TPSA) is 95.1 Å². The summed E-state index contributed by atoms with van der Waals surface area (Å²) in [6.07, 6.45) is 5.28. The van der Waals surface area contributed by atoms with Crippen molar-refractivity contribution in [2.24, 2.45) is 0 Å². The predicted molar refractivity (Wildman–Crippen MR) is 110 cm³/mol. The van der Waals surface area contributed by atoms with E-state index in [1.165, 1.54) is 0 Å². The number of nitrogens with one attached hydrogen (secondary N) is 1. The van der Waals surface area contributed by atoms with Gasteiger partial charge in [0.2, 0.25) is 0 Å². The fraction of sp³-hybridized carbons (Fsp3) is 0.476. The van der Waals surface area contributed by atoms with Gasteiger partial charge in [-0.25, -0.2) is 9.97 Å². The molecule has 28 heavy (non-hydrogen) atoms. The summed E-state index contributed by atoms with van der Waals surface area (Å²) in [6, 6.07) is 7.69. The highest BCUT2D eigenvalue weighted by atomic mass is 16.5. The lowest BCUT2D eigenvalue weighted by atomic mass is 10.2. The molecule has 3 aromatic rings. The summed E-state index contributed by atoms with van der Waals surface area (Å²) in [5.41, 5.74) is 9.66. The van der Waals surface area contributed by atoms with Crippen molar-refractivity contribution in [2.45, 2.75) is 51.7 Å². The smallest absolute Gasteiger partial charge is 0.257 e. The fourth-order valence-electron chi connectivity index (χ4n) is 3.79. The molecule has 7 heteroatoms. The van der Waals surface area contributed by atoms with E-state index in [4.69, 9.17) is 20.4 Å². The van der Waals surface area contributed by atoms with Crippen molar-refractivity contribution in [3.05, 3.63) is 29.8 Å². The Morgan fingerprint density at radius 2 is 2.07 bits per heavy atom. The molecule has 0 radical (unpaired) electrons. The first-order valence-electron chi connectivity index (χ1n) is 10.1. The number of carbonyl (C=O) groups is 1. The first-order valence-corrected chi connectivity index (χ1v) is 10.1. The second-order valence-corrected chi connectivity index (χ2v) is 7.35. The molecule has 3 heterocycles. The highest BCUT2D eigenvalue weighted by molar-refractivity contribution is 6.10. The number of aryl methyl sites for hydroxylation is 1. The number of benzene rings is 1. The lowest BCUT2D eigenvalue weighted by Gasteiger charge is -2.11. The number of amides is 1. The standard InChI is InChI=1S/C21H27N5O2/c1-2-3-6-11-26-19(22)17(21(27)23-13-14-8-7-12-28-14)18-20(26)25-16-10-5-4-9-15(16)24-18/h4-5,9-10,14H,2-3,6-8,11-13,22H2,1H3,(H,23,27). The van der Waals surface area contributed by atoms with E-state index in [1.54, 1.807) is 0 Å². The van der Waals surface area contributed by atoms with E-state index >= 15 is 0 Å². The minimum atomic E-state index is -0.211. The van der Waals surface area contributed by atoms with E-state index < -0.39 is 0 Å². The number of carbonyl (C=O) groups excluding carboxylic acids is 1. The Morgan fingerprint density at radius 3 is 2.79 bits per heavy atom. The molecule has 1 aromatic carbocycles. The summed E-state index contributed by atoms with van der Waals surface area (Å²) < 4.78 is 7.54. The molecular weight excluding hydrogens is 354 g/mol. The van der Waals surface area contributed by atoms with Gasteiger partial charge in [-0.2, -0.15) is 0 Å². The number of anilines is 1. The molecule has 4 rings (SSSR count). The van der Waals surface area contributed by atoms with Crippen molar-refractivity contribution in [3.63, 3.8) is 0 Å². The number of para-hydroxylation sites is 2. The van der Waals surface area contributed by atoms with Crippen LogP contribution in [0.2, 0.25) is 0 Å². The molecule has 1 aliphatic heterocycles. The van der Waals surface area contributed by atoms with Crippen LogP contribution in [-0.2, 0) is 11.3 Å². The van der Waals surface area contributed by atoms with E-state index in [0.717, 1.165) is 56.3 Å². The molecular formula is C21H27N5O2. The van der Waals surface area contributed by atoms with Crippen LogP contribution >= 0.6 is 0 Å². The summed E-state index contributed by atoms with van der Waals surface area (Å²) in [5.74, 6) is 0.225. The predicted octanol–water partition coefficient (Wildman–Crippen LogP) is 3.27. The van der Waals surface area contributed by atoms with Gasteiger partial charge in [0.05, 0.1) is 17.1 Å². The number of aromatic nitrogens is 3. The molecule has 0 bridgehead atoms. The van der Waals surface area contributed by atoms with E-state index in [1.807, 2.05) is 28.8 Å². The minimum absolute atomic E-state index is 0.0787. The van der Waals surface area contributed by atoms with Gasteiger partial charge < -0.3 is 20.4 Å². The molecule has 0 aliphatic carbocycles. The summed E-state index contributed by atoms with van der Waals surface area (Å²) in [4.78, 5) is 22.5. The van der Waals surface area contributed by atoms with Crippen molar-refractivity contribution < 1.29 is 9.53 Å². The van der Waals surface area contributed by atoms with Crippen LogP contribution in [0.1, 0.15) is 49.4 Å². The average molecular weight is 381 g/mol. The summed E-state index contributed by atoms with van der Waals surface area (Å²) in [5, 5.41) is 2.98. The van der Waals surface area contributed by atoms with Crippen molar-refractivity contribution in [1.82, 2.24) is 19.9 Å². The van der Waals surface area contributed by atoms with Gasteiger partial charge in [0.1, 0.15) is 16.9 Å². The number of hydrogen-bond donors (Lipinski definition) is 2. The Morgan fingerprint density at radius 1 is 1.29 bits per heavy atom. The van der Waals surface area contributed by atoms with E-state index in [0.29, 0.717) is 29.1 Å². The van der Waals surface area contributed by atoms with Crippen LogP contribution in [0.25, 0.3) is 22.2 Å². The number of nitrogens with zero attached hydrogens (tertiary/aromatic N) is 3. The summed E-state index contributed by atoms with van der Waals surface area (Å²) in [6.45, 7) is 4.13. The molecule has 0 spiro atoms. The van der Waals surface area contributed by atoms with Crippen LogP contribution in [0.4, 0.5) is 5.82 Å². The average Bonchev–Trinajstić information content (AvgIpc) is 3.31. The quantitative estimate of drug-likeness (QED) is 0.613. The maximum absolute atomic E-state index is 13.0. The van der Waals surface area contributed by atoms with Crippen LogP contribution in [0.5, 0.6) is 0 Å². The van der Waals surface area contributed by atoms with Gasteiger partial charge in [-0.05, 0) is 31.4 Å². The maximum atomic E-state index is 13.0. The number of ether oxygens (including phenoxy) is 1. The summed E-state index contributed by atoms with van der Waals surface area (Å²) in [7, 11) is 0. The molecule has 7 nitrogen and oxygen atoms in total. The Hall–Kier alpha value is -2.67. The first kappa shape index (κ1) is 18.7. The second kappa shape index (κ2) is 8.14. The molecule has 1 atom stereocenters. The Labute approximate surface area is 164 Å². The molecule has 0 saturated carbocycles. The first-order chi connectivity index (χ1) is 13.7. The molecule has 2 aromatic heterocycles. The van der Waals surface area contributed by atoms with Gasteiger partial charge >= 0.3 is 0 Å². The third kappa shape index (κ3) is 3.54. The zero-order valence-corrected chi connectivity index (χ0v) is 16.3. The van der Waals surface area contributed by atoms with Crippen molar-refractivity contribution in [2.75, 3.05) is 18.9 Å². The van der Waals surface area contributed by atoms with E-state index in [2.05, 4.69) is 12.2 Å². The number of fused-ring (bicyclic) bond motifs is 2. The van der Waals surface area contributed by atoms with E-state index in [9.17, 15) is 4.79 Å². The Balaban J connectivity index is 1.73. The normalized spacial score (nSPS) is 16.8. The number of unbranched alkanes of at least 4 members (excludes halogenated alkanes) is 2. The van der Waals surface area contributed by atoms with Crippen LogP contribution in [0.15, 0.2) is 24.3 Å². The van der Waals surface area contributed by atoms with Crippen LogP contribution < -0.4 is 11.1 Å². The Kier molecular flexibility index (Phi) is 5.43. The van der Waals surface area contributed by atoms with Crippen LogP contribution in [0, 0.1) is 0 Å². The monoisotopic (exact) mass is 381 g/mol. The molecule has 3 N–H and O–H groups in total. The molecule has 148 valence electrons. The third-order valence-electron chi connectivity index (χ3n) is 5.32. The molecule has 1 saturated heterocycles. The van der Waals surface area contributed by atoms with Crippen LogP contribution in [-0.4, -0.2) is 39.7 Å². The van der Waals surface area contributed by atoms with E-state index in [-0.39, 0.29) is 12.0 Å². The molecule has 1 unspecified atom stereocenters. The van der Waals surface area contributed by atoms with Crippen LogP contribution in [0.3, 0.4) is 0 Å². The minimum Gasteiger partial charge on any atom is -0.384 e. The fourth-order valence-corrected chi connectivity index (χ4v) is 3.79. The second-order valence-electron chi connectivity index (χ2n) is 7.35. The van der Waals surface area contributed by atoms with Crippen molar-refractivity contribution in [1.29, 1.82) is 0 Å². The lowest BCUT2D eigenvalue weighted by molar-refractivity contribution is 0.0859. The lowest BCUT2D eigenvalue weighted by Crippen LogP contribution is -2.32. The van der Waals surface area contributed by atoms with Crippen molar-refractivity contribution in [3.8, 4) is 0 Å². The number of hydrogen-bond acceptors (Lipinski definition) is 5. The highest BCUT2D eigenvalue weighted by Crippen LogP contribution is 2.28. The Bertz CT molecular complexity index is 991. The maximum Gasteiger partial charge on any atom is 0.257 e. The van der Waals surface area contributed by atoms with Gasteiger partial charge in [-0.15, -0.1) is 0 Å². The number of nitrogen functional groups attached to an aromatic ring is 1. The highest BCUT2D eigenvalue weighted by Gasteiger charge is 2.25. The zero-order valence-electron chi connectivity index (χ0n) is 16.3. The largest absolute Gasteiger partial charge is 0.384 e. The summed E-state index contributed by atoms with van der Waals surface area (Å²) >= 11 is 0. The van der Waals surface area contributed by atoms with Gasteiger partial charge in [0, 0.05) is 19.7 Å². The molecule has 1 amide bonds. The zero-order chi connectivity index (χ0) is 19.5. The number of rotatable bonds is 7. The van der Waals surface area contributed by atoms with Gasteiger partial charge in [0.15, 0.2) is 5.65 Å². The molecule has 1 fully saturated rings. The van der Waals surface area contributed by atoms with Crippen molar-refractivity contribution >= 4 is 33.9 Å². The van der Waals surface area contributed by atoms with Gasteiger partial charge in [0.25, 0.3) is 5.91 Å².